The molecule has 126 valence electrons. The number of hydrogen-bond acceptors (Lipinski definition) is 2. The molecule has 3 nitrogen and oxygen atoms in total. The minimum absolute atomic E-state index is 0.321. The molecule has 0 radical (unpaired) electrons. The third-order valence-electron chi connectivity index (χ3n) is 3.46. The number of nitrogens with one attached hydrogen (secondary N) is 2. The first-order valence-electron chi connectivity index (χ1n) is 7.77. The molecule has 2 N–H and O–H groups in total. The van der Waals surface area contributed by atoms with Crippen molar-refractivity contribution < 1.29 is 9.13 Å². The van der Waals surface area contributed by atoms with Crippen LogP contribution in [0.5, 0.6) is 11.5 Å². The molecule has 0 aliphatic carbocycles. The summed E-state index contributed by atoms with van der Waals surface area (Å²) in [6.07, 6.45) is 0. The Morgan fingerprint density at radius 1 is 0.880 bits per heavy atom. The van der Waals surface area contributed by atoms with Crippen LogP contribution in [0.2, 0.25) is 0 Å². The summed E-state index contributed by atoms with van der Waals surface area (Å²) in [7, 11) is 0. The highest BCUT2D eigenvalue weighted by Crippen LogP contribution is 2.23. The molecular formula is C20H17FN2OS. The van der Waals surface area contributed by atoms with Gasteiger partial charge in [0.05, 0.1) is 5.69 Å². The van der Waals surface area contributed by atoms with Crippen LogP contribution in [0.25, 0.3) is 0 Å². The predicted octanol–water partition coefficient (Wildman–Crippen LogP) is 5.74. The lowest BCUT2D eigenvalue weighted by molar-refractivity contribution is 0.483. The third kappa shape index (κ3) is 4.78. The van der Waals surface area contributed by atoms with E-state index in [0.717, 1.165) is 22.7 Å². The normalized spacial score (nSPS) is 10.2. The summed E-state index contributed by atoms with van der Waals surface area (Å²) in [5.74, 6) is 1.15. The molecule has 0 heterocycles. The van der Waals surface area contributed by atoms with Crippen molar-refractivity contribution in [3.8, 4) is 11.5 Å². The van der Waals surface area contributed by atoms with Crippen LogP contribution < -0.4 is 15.4 Å². The van der Waals surface area contributed by atoms with E-state index in [1.54, 1.807) is 12.1 Å². The van der Waals surface area contributed by atoms with Gasteiger partial charge in [-0.2, -0.15) is 0 Å². The highest BCUT2D eigenvalue weighted by Gasteiger charge is 2.05. The molecule has 0 unspecified atom stereocenters. The second-order valence-electron chi connectivity index (χ2n) is 5.50. The molecule has 0 saturated carbocycles. The minimum Gasteiger partial charge on any atom is -0.457 e. The lowest BCUT2D eigenvalue weighted by Crippen LogP contribution is -2.19. The summed E-state index contributed by atoms with van der Waals surface area (Å²) in [4.78, 5) is 0. The van der Waals surface area contributed by atoms with E-state index in [1.165, 1.54) is 6.07 Å². The van der Waals surface area contributed by atoms with Crippen LogP contribution in [0, 0.1) is 12.7 Å². The summed E-state index contributed by atoms with van der Waals surface area (Å²) < 4.78 is 19.5. The topological polar surface area (TPSA) is 33.3 Å². The molecule has 0 fully saturated rings. The van der Waals surface area contributed by atoms with Gasteiger partial charge in [0, 0.05) is 5.69 Å². The quantitative estimate of drug-likeness (QED) is 0.587. The average Bonchev–Trinajstić information content (AvgIpc) is 2.61. The third-order valence-corrected chi connectivity index (χ3v) is 3.67. The number of halogens is 1. The zero-order valence-electron chi connectivity index (χ0n) is 13.6. The van der Waals surface area contributed by atoms with Gasteiger partial charge in [0.2, 0.25) is 0 Å². The van der Waals surface area contributed by atoms with E-state index >= 15 is 0 Å². The van der Waals surface area contributed by atoms with Crippen molar-refractivity contribution in [1.29, 1.82) is 0 Å². The maximum atomic E-state index is 13.8. The lowest BCUT2D eigenvalue weighted by atomic mass is 10.2. The zero-order chi connectivity index (χ0) is 17.6. The SMILES string of the molecule is Cc1ccc(F)c(NC(=S)Nc2ccc(Oc3ccccc3)cc2)c1. The van der Waals surface area contributed by atoms with Gasteiger partial charge >= 0.3 is 0 Å². The van der Waals surface area contributed by atoms with Gasteiger partial charge in [-0.25, -0.2) is 4.39 Å². The fourth-order valence-electron chi connectivity index (χ4n) is 2.25. The summed E-state index contributed by atoms with van der Waals surface area (Å²) >= 11 is 5.24. The standard InChI is InChI=1S/C20H17FN2OS/c1-14-7-12-18(21)19(13-14)23-20(25)22-15-8-10-17(11-9-15)24-16-5-3-2-4-6-16/h2-13H,1H3,(H2,22,23,25). The number of para-hydroxylation sites is 1. The van der Waals surface area contributed by atoms with Crippen LogP contribution in [0.4, 0.5) is 15.8 Å². The highest BCUT2D eigenvalue weighted by atomic mass is 32.1. The zero-order valence-corrected chi connectivity index (χ0v) is 14.4. The van der Waals surface area contributed by atoms with Gasteiger partial charge in [-0.1, -0.05) is 24.3 Å². The van der Waals surface area contributed by atoms with Crippen LogP contribution >= 0.6 is 12.2 Å². The fourth-order valence-corrected chi connectivity index (χ4v) is 2.48. The van der Waals surface area contributed by atoms with Crippen molar-refractivity contribution in [2.24, 2.45) is 0 Å². The van der Waals surface area contributed by atoms with Crippen LogP contribution in [0.15, 0.2) is 72.8 Å². The average molecular weight is 352 g/mol. The second kappa shape index (κ2) is 7.77. The molecule has 3 rings (SSSR count). The smallest absolute Gasteiger partial charge is 0.175 e. The largest absolute Gasteiger partial charge is 0.457 e. The van der Waals surface area contributed by atoms with Gasteiger partial charge in [-0.3, -0.25) is 0 Å². The molecule has 0 aliphatic heterocycles. The number of hydrogen-bond donors (Lipinski definition) is 2. The predicted molar refractivity (Wildman–Crippen MR) is 104 cm³/mol. The molecule has 0 spiro atoms. The van der Waals surface area contributed by atoms with Gasteiger partial charge in [0.25, 0.3) is 0 Å². The Morgan fingerprint density at radius 2 is 1.56 bits per heavy atom. The molecule has 0 saturated heterocycles. The van der Waals surface area contributed by atoms with Crippen LogP contribution in [0.1, 0.15) is 5.56 Å². The van der Waals surface area contributed by atoms with Crippen LogP contribution in [-0.2, 0) is 0 Å². The highest BCUT2D eigenvalue weighted by molar-refractivity contribution is 7.80. The lowest BCUT2D eigenvalue weighted by Gasteiger charge is -2.12. The summed E-state index contributed by atoms with van der Waals surface area (Å²) in [5, 5.41) is 6.21. The molecule has 0 atom stereocenters. The van der Waals surface area contributed by atoms with Crippen molar-refractivity contribution in [2.75, 3.05) is 10.6 Å². The van der Waals surface area contributed by atoms with Crippen molar-refractivity contribution in [3.05, 3.63) is 84.2 Å². The molecule has 0 aliphatic rings. The number of rotatable bonds is 4. The van der Waals surface area contributed by atoms with Gasteiger partial charge in [-0.15, -0.1) is 0 Å². The monoisotopic (exact) mass is 352 g/mol. The van der Waals surface area contributed by atoms with Gasteiger partial charge in [0.1, 0.15) is 17.3 Å². The van der Waals surface area contributed by atoms with Crippen LogP contribution in [-0.4, -0.2) is 5.11 Å². The molecule has 5 heteroatoms. The second-order valence-corrected chi connectivity index (χ2v) is 5.91. The van der Waals surface area contributed by atoms with E-state index in [0.29, 0.717) is 10.8 Å². The van der Waals surface area contributed by atoms with E-state index in [1.807, 2.05) is 61.5 Å². The van der Waals surface area contributed by atoms with Crippen molar-refractivity contribution in [3.63, 3.8) is 0 Å². The number of thiocarbonyl (C=S) groups is 1. The minimum atomic E-state index is -0.346. The molecular weight excluding hydrogens is 335 g/mol. The van der Waals surface area contributed by atoms with E-state index in [2.05, 4.69) is 10.6 Å². The number of benzene rings is 3. The Kier molecular flexibility index (Phi) is 5.26. The van der Waals surface area contributed by atoms with E-state index < -0.39 is 0 Å². The molecule has 0 aromatic heterocycles. The summed E-state index contributed by atoms with van der Waals surface area (Å²) in [6, 6.07) is 21.8. The first-order valence-corrected chi connectivity index (χ1v) is 8.18. The molecule has 3 aromatic rings. The molecule has 0 amide bonds. The van der Waals surface area contributed by atoms with E-state index in [-0.39, 0.29) is 5.82 Å². The number of anilines is 2. The van der Waals surface area contributed by atoms with Gasteiger partial charge in [-0.05, 0) is 73.2 Å². The van der Waals surface area contributed by atoms with E-state index in [9.17, 15) is 4.39 Å². The molecule has 25 heavy (non-hydrogen) atoms. The first kappa shape index (κ1) is 16.9. The Bertz CT molecular complexity index is 867. The molecule has 0 bridgehead atoms. The molecule has 3 aromatic carbocycles. The van der Waals surface area contributed by atoms with Gasteiger partial charge < -0.3 is 15.4 Å². The Labute approximate surface area is 151 Å². The van der Waals surface area contributed by atoms with Crippen molar-refractivity contribution in [2.45, 2.75) is 6.92 Å². The Balaban J connectivity index is 1.61. The number of ether oxygens (including phenoxy) is 1. The summed E-state index contributed by atoms with van der Waals surface area (Å²) in [6.45, 7) is 1.90. The maximum absolute atomic E-state index is 13.8. The first-order chi connectivity index (χ1) is 12.1. The maximum Gasteiger partial charge on any atom is 0.175 e. The fraction of sp³-hybridized carbons (Fsp3) is 0.0500. The van der Waals surface area contributed by atoms with Crippen LogP contribution in [0.3, 0.4) is 0 Å². The Morgan fingerprint density at radius 3 is 2.28 bits per heavy atom. The summed E-state index contributed by atoms with van der Waals surface area (Å²) in [5.41, 5.74) is 2.08. The van der Waals surface area contributed by atoms with E-state index in [4.69, 9.17) is 17.0 Å². The van der Waals surface area contributed by atoms with Crippen molar-refractivity contribution >= 4 is 28.7 Å². The Hall–Kier alpha value is -2.92. The van der Waals surface area contributed by atoms with Crippen molar-refractivity contribution in [1.82, 2.24) is 0 Å². The number of aryl methyl sites for hydroxylation is 1. The van der Waals surface area contributed by atoms with Gasteiger partial charge in [0.15, 0.2) is 5.11 Å².